The molecule has 10 heteroatoms. The molecule has 1 unspecified atom stereocenters. The van der Waals surface area contributed by atoms with Crippen LogP contribution in [0.2, 0.25) is 0 Å². The number of benzene rings is 2. The second-order valence-corrected chi connectivity index (χ2v) is 10.3. The van der Waals surface area contributed by atoms with Gasteiger partial charge in [0, 0.05) is 43.4 Å². The highest BCUT2D eigenvalue weighted by Crippen LogP contribution is 2.40. The number of methoxy groups -OCH3 is 4. The van der Waals surface area contributed by atoms with Gasteiger partial charge < -0.3 is 24.3 Å². The summed E-state index contributed by atoms with van der Waals surface area (Å²) in [6.07, 6.45) is 0.760. The van der Waals surface area contributed by atoms with Gasteiger partial charge in [-0.25, -0.2) is 8.42 Å². The molecule has 9 nitrogen and oxygen atoms in total. The fourth-order valence-corrected chi connectivity index (χ4v) is 5.80. The molecular weight excluding hydrogens is 460 g/mol. The predicted molar refractivity (Wildman–Crippen MR) is 130 cm³/mol. The van der Waals surface area contributed by atoms with Gasteiger partial charge in [-0.1, -0.05) is 12.1 Å². The van der Waals surface area contributed by atoms with E-state index < -0.39 is 9.84 Å². The SMILES string of the molecule is COc1ccc(CN(CCC(=O)Nc2cc(OC)c(OC)c(OC)c2)C2CCS(=O)(=O)C2)cc1. The van der Waals surface area contributed by atoms with Gasteiger partial charge in [-0.2, -0.15) is 0 Å². The number of ether oxygens (including phenoxy) is 4. The van der Waals surface area contributed by atoms with E-state index in [2.05, 4.69) is 10.2 Å². The first-order valence-corrected chi connectivity index (χ1v) is 12.8. The third-order valence-corrected chi connectivity index (χ3v) is 7.59. The van der Waals surface area contributed by atoms with Crippen LogP contribution in [-0.4, -0.2) is 71.8 Å². The van der Waals surface area contributed by atoms with Gasteiger partial charge >= 0.3 is 0 Å². The zero-order chi connectivity index (χ0) is 24.7. The quantitative estimate of drug-likeness (QED) is 0.511. The Bertz CT molecular complexity index is 1060. The minimum absolute atomic E-state index is 0.109. The lowest BCUT2D eigenvalue weighted by Gasteiger charge is -2.28. The topological polar surface area (TPSA) is 103 Å². The Morgan fingerprint density at radius 1 is 1.00 bits per heavy atom. The Kier molecular flexibility index (Phi) is 8.62. The summed E-state index contributed by atoms with van der Waals surface area (Å²) in [5, 5.41) is 2.87. The van der Waals surface area contributed by atoms with E-state index in [0.717, 1.165) is 11.3 Å². The van der Waals surface area contributed by atoms with E-state index in [1.54, 1.807) is 19.2 Å². The van der Waals surface area contributed by atoms with Gasteiger partial charge in [0.25, 0.3) is 0 Å². The van der Waals surface area contributed by atoms with Gasteiger partial charge in [0.1, 0.15) is 5.75 Å². The van der Waals surface area contributed by atoms with Gasteiger partial charge in [0.15, 0.2) is 21.3 Å². The molecule has 1 aliphatic rings. The predicted octanol–water partition coefficient (Wildman–Crippen LogP) is 2.74. The smallest absolute Gasteiger partial charge is 0.225 e. The third-order valence-electron chi connectivity index (χ3n) is 5.84. The number of hydrogen-bond donors (Lipinski definition) is 1. The molecule has 1 aliphatic heterocycles. The van der Waals surface area contributed by atoms with E-state index in [9.17, 15) is 13.2 Å². The number of rotatable bonds is 11. The summed E-state index contributed by atoms with van der Waals surface area (Å²) in [6, 6.07) is 10.8. The van der Waals surface area contributed by atoms with Crippen LogP contribution >= 0.6 is 0 Å². The summed E-state index contributed by atoms with van der Waals surface area (Å²) < 4.78 is 45.4. The standard InChI is InChI=1S/C24H32N2O7S/c1-30-20-7-5-17(6-8-20)15-26(19-10-12-34(28,29)16-19)11-9-23(27)25-18-13-21(31-2)24(33-4)22(14-18)32-3/h5-8,13-14,19H,9-12,15-16H2,1-4H3,(H,25,27). The minimum atomic E-state index is -3.05. The fourth-order valence-electron chi connectivity index (χ4n) is 4.04. The molecule has 186 valence electrons. The number of anilines is 1. The molecule has 1 N–H and O–H groups in total. The largest absolute Gasteiger partial charge is 0.497 e. The first-order chi connectivity index (χ1) is 16.3. The van der Waals surface area contributed by atoms with Crippen molar-refractivity contribution in [2.24, 2.45) is 0 Å². The number of amides is 1. The van der Waals surface area contributed by atoms with Crippen molar-refractivity contribution in [3.63, 3.8) is 0 Å². The van der Waals surface area contributed by atoms with Crippen LogP contribution in [-0.2, 0) is 21.2 Å². The van der Waals surface area contributed by atoms with Crippen molar-refractivity contribution >= 4 is 21.4 Å². The second kappa shape index (κ2) is 11.4. The number of hydrogen-bond acceptors (Lipinski definition) is 8. The highest BCUT2D eigenvalue weighted by Gasteiger charge is 2.32. The molecule has 1 atom stereocenters. The van der Waals surface area contributed by atoms with Crippen molar-refractivity contribution in [1.29, 1.82) is 0 Å². The van der Waals surface area contributed by atoms with E-state index in [0.29, 0.717) is 42.4 Å². The van der Waals surface area contributed by atoms with Crippen LogP contribution in [0.1, 0.15) is 18.4 Å². The monoisotopic (exact) mass is 492 g/mol. The highest BCUT2D eigenvalue weighted by molar-refractivity contribution is 7.91. The van der Waals surface area contributed by atoms with Crippen LogP contribution < -0.4 is 24.3 Å². The van der Waals surface area contributed by atoms with E-state index in [1.165, 1.54) is 21.3 Å². The molecule has 1 saturated heterocycles. The molecule has 3 rings (SSSR count). The number of nitrogens with zero attached hydrogens (tertiary/aromatic N) is 1. The van der Waals surface area contributed by atoms with Gasteiger partial charge in [0.2, 0.25) is 11.7 Å². The van der Waals surface area contributed by atoms with E-state index in [-0.39, 0.29) is 29.9 Å². The molecular formula is C24H32N2O7S. The summed E-state index contributed by atoms with van der Waals surface area (Å²) >= 11 is 0. The molecule has 0 aliphatic carbocycles. The molecule has 0 bridgehead atoms. The number of carbonyl (C=O) groups is 1. The van der Waals surface area contributed by atoms with Crippen LogP contribution in [0.3, 0.4) is 0 Å². The molecule has 0 spiro atoms. The number of sulfone groups is 1. The Morgan fingerprint density at radius 2 is 1.65 bits per heavy atom. The maximum atomic E-state index is 12.8. The first-order valence-electron chi connectivity index (χ1n) is 11.0. The molecule has 1 amide bonds. The van der Waals surface area contributed by atoms with Crippen LogP contribution in [0.25, 0.3) is 0 Å². The van der Waals surface area contributed by atoms with E-state index in [4.69, 9.17) is 18.9 Å². The van der Waals surface area contributed by atoms with Crippen LogP contribution in [0, 0.1) is 0 Å². The molecule has 0 radical (unpaired) electrons. The zero-order valence-electron chi connectivity index (χ0n) is 20.0. The third kappa shape index (κ3) is 6.54. The maximum absolute atomic E-state index is 12.8. The van der Waals surface area contributed by atoms with Crippen molar-refractivity contribution in [2.45, 2.75) is 25.4 Å². The maximum Gasteiger partial charge on any atom is 0.225 e. The molecule has 0 saturated carbocycles. The van der Waals surface area contributed by atoms with Gasteiger partial charge in [-0.3, -0.25) is 9.69 Å². The summed E-state index contributed by atoms with van der Waals surface area (Å²) in [5.74, 6) is 2.16. The lowest BCUT2D eigenvalue weighted by molar-refractivity contribution is -0.116. The summed E-state index contributed by atoms with van der Waals surface area (Å²) in [7, 11) is 3.09. The average molecular weight is 493 g/mol. The second-order valence-electron chi connectivity index (χ2n) is 8.09. The Hall–Kier alpha value is -2.98. The van der Waals surface area contributed by atoms with Gasteiger partial charge in [-0.15, -0.1) is 0 Å². The lowest BCUT2D eigenvalue weighted by atomic mass is 10.1. The van der Waals surface area contributed by atoms with Crippen molar-refractivity contribution < 1.29 is 32.2 Å². The number of carbonyl (C=O) groups excluding carboxylic acids is 1. The Balaban J connectivity index is 1.69. The highest BCUT2D eigenvalue weighted by atomic mass is 32.2. The first kappa shape index (κ1) is 25.6. The summed E-state index contributed by atoms with van der Waals surface area (Å²) in [4.78, 5) is 14.8. The minimum Gasteiger partial charge on any atom is -0.497 e. The van der Waals surface area contributed by atoms with Crippen molar-refractivity contribution in [2.75, 3.05) is 51.8 Å². The zero-order valence-corrected chi connectivity index (χ0v) is 20.8. The van der Waals surface area contributed by atoms with E-state index in [1.807, 2.05) is 24.3 Å². The molecule has 1 fully saturated rings. The summed E-state index contributed by atoms with van der Waals surface area (Å²) in [5.41, 5.74) is 1.54. The fraction of sp³-hybridized carbons (Fsp3) is 0.458. The van der Waals surface area contributed by atoms with E-state index >= 15 is 0 Å². The van der Waals surface area contributed by atoms with Crippen LogP contribution in [0.15, 0.2) is 36.4 Å². The molecule has 34 heavy (non-hydrogen) atoms. The van der Waals surface area contributed by atoms with Crippen molar-refractivity contribution in [1.82, 2.24) is 4.90 Å². The molecule has 2 aromatic rings. The van der Waals surface area contributed by atoms with Crippen molar-refractivity contribution in [3.05, 3.63) is 42.0 Å². The summed E-state index contributed by atoms with van der Waals surface area (Å²) in [6.45, 7) is 0.962. The van der Waals surface area contributed by atoms with Crippen molar-refractivity contribution in [3.8, 4) is 23.0 Å². The Morgan fingerprint density at radius 3 is 2.15 bits per heavy atom. The molecule has 0 aromatic heterocycles. The number of nitrogens with one attached hydrogen (secondary N) is 1. The van der Waals surface area contributed by atoms with Gasteiger partial charge in [-0.05, 0) is 24.1 Å². The van der Waals surface area contributed by atoms with Crippen LogP contribution in [0.4, 0.5) is 5.69 Å². The molecule has 1 heterocycles. The average Bonchev–Trinajstić information content (AvgIpc) is 3.20. The van der Waals surface area contributed by atoms with Crippen LogP contribution in [0.5, 0.6) is 23.0 Å². The van der Waals surface area contributed by atoms with Gasteiger partial charge in [0.05, 0.1) is 39.9 Å². The molecule has 2 aromatic carbocycles. The Labute approximate surface area is 200 Å². The normalized spacial score (nSPS) is 16.8. The lowest BCUT2D eigenvalue weighted by Crippen LogP contribution is -2.37.